The lowest BCUT2D eigenvalue weighted by molar-refractivity contribution is -0.133. The van der Waals surface area contributed by atoms with Crippen molar-refractivity contribution in [3.63, 3.8) is 0 Å². The molecule has 1 amide bonds. The Labute approximate surface area is 125 Å². The van der Waals surface area contributed by atoms with Crippen LogP contribution in [0, 0.1) is 0 Å². The highest BCUT2D eigenvalue weighted by Crippen LogP contribution is 2.22. The normalized spacial score (nSPS) is 11.2. The van der Waals surface area contributed by atoms with Crippen LogP contribution in [0.2, 0.25) is 0 Å². The molecule has 1 N–H and O–H groups in total. The zero-order chi connectivity index (χ0) is 15.2. The van der Waals surface area contributed by atoms with Crippen molar-refractivity contribution in [3.05, 3.63) is 29.3 Å². The first kappa shape index (κ1) is 15.8. The van der Waals surface area contributed by atoms with Crippen LogP contribution in [-0.4, -0.2) is 47.0 Å². The minimum atomic E-state index is -2.59. The molecular weight excluding hydrogens is 298 g/mol. The summed E-state index contributed by atoms with van der Waals surface area (Å²) in [5.74, 6) is -0.386. The number of carbonyl (C=O) groups is 1. The molecule has 0 spiro atoms. The Bertz CT molecular complexity index is 570. The van der Waals surface area contributed by atoms with E-state index in [-0.39, 0.29) is 25.5 Å². The van der Waals surface area contributed by atoms with E-state index in [0.717, 1.165) is 20.1 Å². The number of thiazole rings is 1. The number of carbonyl (C=O) groups excluding carboxylic acids is 1. The van der Waals surface area contributed by atoms with Gasteiger partial charge in [-0.05, 0) is 12.1 Å². The average molecular weight is 314 g/mol. The quantitative estimate of drug-likeness (QED) is 0.853. The molecule has 0 bridgehead atoms. The smallest absolute Gasteiger partial charge is 0.255 e. The number of fused-ring (bicyclic) bond motifs is 1. The van der Waals surface area contributed by atoms with Gasteiger partial charge in [-0.3, -0.25) is 4.79 Å². The lowest BCUT2D eigenvalue weighted by atomic mass is 10.2. The van der Waals surface area contributed by atoms with Crippen LogP contribution in [0.25, 0.3) is 10.2 Å². The van der Waals surface area contributed by atoms with E-state index in [1.165, 1.54) is 11.3 Å². The van der Waals surface area contributed by atoms with E-state index in [2.05, 4.69) is 4.98 Å². The molecule has 4 nitrogen and oxygen atoms in total. The summed E-state index contributed by atoms with van der Waals surface area (Å²) in [4.78, 5) is 17.3. The van der Waals surface area contributed by atoms with E-state index >= 15 is 0 Å². The van der Waals surface area contributed by atoms with Crippen LogP contribution in [0.1, 0.15) is 11.4 Å². The SMILES string of the molecule is O=C(CCc1nc2ccccc2s1)N(CCO)CC(F)F. The second-order valence-electron chi connectivity index (χ2n) is 4.53. The molecule has 0 fully saturated rings. The number of alkyl halides is 2. The maximum absolute atomic E-state index is 12.4. The maximum Gasteiger partial charge on any atom is 0.255 e. The summed E-state index contributed by atoms with van der Waals surface area (Å²) in [5, 5.41) is 9.64. The third kappa shape index (κ3) is 4.44. The molecule has 1 aromatic carbocycles. The first-order chi connectivity index (χ1) is 10.1. The molecule has 0 saturated carbocycles. The predicted molar refractivity (Wildman–Crippen MR) is 77.6 cm³/mol. The number of amides is 1. The number of halogens is 2. The van der Waals surface area contributed by atoms with Crippen LogP contribution < -0.4 is 0 Å². The highest BCUT2D eigenvalue weighted by molar-refractivity contribution is 7.18. The van der Waals surface area contributed by atoms with Crippen LogP contribution in [0.5, 0.6) is 0 Å². The molecule has 0 atom stereocenters. The predicted octanol–water partition coefficient (Wildman–Crippen LogP) is 2.31. The topological polar surface area (TPSA) is 53.4 Å². The Hall–Kier alpha value is -1.60. The van der Waals surface area contributed by atoms with Crippen molar-refractivity contribution in [1.29, 1.82) is 0 Å². The molecule has 0 radical (unpaired) electrons. The van der Waals surface area contributed by atoms with Crippen molar-refractivity contribution in [2.75, 3.05) is 19.7 Å². The first-order valence-corrected chi connectivity index (χ1v) is 7.43. The van der Waals surface area contributed by atoms with Crippen LogP contribution in [0.4, 0.5) is 8.78 Å². The Kier molecular flexibility index (Phi) is 5.58. The number of hydrogen-bond acceptors (Lipinski definition) is 4. The Morgan fingerprint density at radius 3 is 2.81 bits per heavy atom. The van der Waals surface area contributed by atoms with Gasteiger partial charge in [0.15, 0.2) is 0 Å². The van der Waals surface area contributed by atoms with Crippen LogP contribution in [-0.2, 0) is 11.2 Å². The second kappa shape index (κ2) is 7.42. The van der Waals surface area contributed by atoms with E-state index in [9.17, 15) is 13.6 Å². The lowest BCUT2D eigenvalue weighted by Gasteiger charge is -2.20. The van der Waals surface area contributed by atoms with Gasteiger partial charge < -0.3 is 10.0 Å². The summed E-state index contributed by atoms with van der Waals surface area (Å²) < 4.78 is 25.8. The molecule has 1 heterocycles. The zero-order valence-corrected chi connectivity index (χ0v) is 12.2. The summed E-state index contributed by atoms with van der Waals surface area (Å²) in [7, 11) is 0. The average Bonchev–Trinajstić information content (AvgIpc) is 2.86. The number of aromatic nitrogens is 1. The van der Waals surface area contributed by atoms with Gasteiger partial charge in [-0.2, -0.15) is 0 Å². The molecule has 1 aromatic heterocycles. The van der Waals surface area contributed by atoms with Crippen molar-refractivity contribution < 1.29 is 18.7 Å². The maximum atomic E-state index is 12.4. The molecule has 2 rings (SSSR count). The fourth-order valence-electron chi connectivity index (χ4n) is 2.00. The number of aliphatic hydroxyl groups excluding tert-OH is 1. The van der Waals surface area contributed by atoms with E-state index in [1.807, 2.05) is 24.3 Å². The van der Waals surface area contributed by atoms with E-state index in [0.29, 0.717) is 6.42 Å². The van der Waals surface area contributed by atoms with Gasteiger partial charge in [0.2, 0.25) is 5.91 Å². The number of benzene rings is 1. The third-order valence-electron chi connectivity index (χ3n) is 2.97. The number of hydrogen-bond donors (Lipinski definition) is 1. The molecule has 21 heavy (non-hydrogen) atoms. The van der Waals surface area contributed by atoms with Gasteiger partial charge in [-0.1, -0.05) is 12.1 Å². The van der Waals surface area contributed by atoms with Gasteiger partial charge in [0.05, 0.1) is 28.4 Å². The Balaban J connectivity index is 1.95. The van der Waals surface area contributed by atoms with Crippen molar-refractivity contribution >= 4 is 27.5 Å². The molecular formula is C14H16F2N2O2S. The molecule has 0 aliphatic rings. The second-order valence-corrected chi connectivity index (χ2v) is 5.64. The minimum absolute atomic E-state index is 0.0665. The molecule has 0 unspecified atom stereocenters. The van der Waals surface area contributed by atoms with Gasteiger partial charge in [0.25, 0.3) is 6.43 Å². The van der Waals surface area contributed by atoms with Gasteiger partial charge in [0, 0.05) is 19.4 Å². The molecule has 114 valence electrons. The highest BCUT2D eigenvalue weighted by atomic mass is 32.1. The van der Waals surface area contributed by atoms with Crippen LogP contribution >= 0.6 is 11.3 Å². The van der Waals surface area contributed by atoms with Gasteiger partial charge >= 0.3 is 0 Å². The summed E-state index contributed by atoms with van der Waals surface area (Å²) >= 11 is 1.50. The highest BCUT2D eigenvalue weighted by Gasteiger charge is 2.18. The summed E-state index contributed by atoms with van der Waals surface area (Å²) in [5.41, 5.74) is 0.879. The van der Waals surface area contributed by atoms with E-state index in [4.69, 9.17) is 5.11 Å². The Morgan fingerprint density at radius 1 is 1.38 bits per heavy atom. The van der Waals surface area contributed by atoms with Gasteiger partial charge in [-0.25, -0.2) is 13.8 Å². The van der Waals surface area contributed by atoms with Crippen molar-refractivity contribution in [2.45, 2.75) is 19.3 Å². The number of aliphatic hydroxyl groups is 1. The number of rotatable bonds is 7. The fraction of sp³-hybridized carbons (Fsp3) is 0.429. The lowest BCUT2D eigenvalue weighted by Crippen LogP contribution is -2.37. The first-order valence-electron chi connectivity index (χ1n) is 6.61. The van der Waals surface area contributed by atoms with Crippen molar-refractivity contribution in [1.82, 2.24) is 9.88 Å². The van der Waals surface area contributed by atoms with Crippen LogP contribution in [0.3, 0.4) is 0 Å². The van der Waals surface area contributed by atoms with E-state index < -0.39 is 13.0 Å². The summed E-state index contributed by atoms with van der Waals surface area (Å²) in [6, 6.07) is 7.66. The summed E-state index contributed by atoms with van der Waals surface area (Å²) in [6.07, 6.45) is -2.06. The number of nitrogens with zero attached hydrogens (tertiary/aromatic N) is 2. The Morgan fingerprint density at radius 2 is 2.14 bits per heavy atom. The molecule has 7 heteroatoms. The largest absolute Gasteiger partial charge is 0.395 e. The zero-order valence-electron chi connectivity index (χ0n) is 11.3. The number of para-hydroxylation sites is 1. The van der Waals surface area contributed by atoms with Crippen LogP contribution in [0.15, 0.2) is 24.3 Å². The van der Waals surface area contributed by atoms with Gasteiger partial charge in [0.1, 0.15) is 0 Å². The molecule has 0 aliphatic heterocycles. The minimum Gasteiger partial charge on any atom is -0.395 e. The number of aryl methyl sites for hydroxylation is 1. The molecule has 0 saturated heterocycles. The fourth-order valence-corrected chi connectivity index (χ4v) is 2.97. The van der Waals surface area contributed by atoms with Crippen molar-refractivity contribution in [2.24, 2.45) is 0 Å². The third-order valence-corrected chi connectivity index (χ3v) is 4.07. The monoisotopic (exact) mass is 314 g/mol. The standard InChI is InChI=1S/C14H16F2N2O2S/c15-12(16)9-18(7-8-19)14(20)6-5-13-17-10-3-1-2-4-11(10)21-13/h1-4,12,19H,5-9H2. The van der Waals surface area contributed by atoms with E-state index in [1.54, 1.807) is 0 Å². The molecule has 2 aromatic rings. The summed E-state index contributed by atoms with van der Waals surface area (Å²) in [6.45, 7) is -1.03. The van der Waals surface area contributed by atoms with Crippen molar-refractivity contribution in [3.8, 4) is 0 Å². The van der Waals surface area contributed by atoms with Gasteiger partial charge in [-0.15, -0.1) is 11.3 Å². The molecule has 0 aliphatic carbocycles.